The normalized spacial score (nSPS) is 12.3. The van der Waals surface area contributed by atoms with Crippen molar-refractivity contribution in [2.45, 2.75) is 24.8 Å². The van der Waals surface area contributed by atoms with Crippen LogP contribution >= 0.6 is 0 Å². The Morgan fingerprint density at radius 2 is 1.93 bits per heavy atom. The van der Waals surface area contributed by atoms with Crippen LogP contribution in [-0.4, -0.2) is 30.8 Å². The van der Waals surface area contributed by atoms with Crippen molar-refractivity contribution in [3.8, 4) is 5.88 Å². The number of carbonyl (C=O) groups excluding carboxylic acids is 1. The molecule has 0 saturated carbocycles. The summed E-state index contributed by atoms with van der Waals surface area (Å²) in [6, 6.07) is 10.7. The molecule has 9 heteroatoms. The number of sulfonamides is 1. The number of nitrogens with one attached hydrogen (secondary N) is 2. The number of nitrogens with zero attached hydrogens (tertiary/aromatic N) is 2. The van der Waals surface area contributed by atoms with Crippen LogP contribution in [-0.2, 0) is 10.0 Å². The molecule has 0 saturated heterocycles. The quantitative estimate of drug-likeness (QED) is 0.440. The molecule has 3 aromatic rings. The maximum absolute atomic E-state index is 12.4. The molecule has 0 amide bonds. The predicted octanol–water partition coefficient (Wildman–Crippen LogP) is 3.79. The molecule has 2 aromatic carbocycles. The maximum atomic E-state index is 12.4. The molecule has 27 heavy (non-hydrogen) atoms. The summed E-state index contributed by atoms with van der Waals surface area (Å²) in [4.78, 5) is 13.6. The molecular formula is C18H18N4O4S. The molecule has 1 aromatic heterocycles. The molecule has 0 aliphatic rings. The van der Waals surface area contributed by atoms with Gasteiger partial charge in [0.25, 0.3) is 0 Å². The number of H-pyrrole nitrogens is 1. The van der Waals surface area contributed by atoms with Crippen molar-refractivity contribution in [3.63, 3.8) is 0 Å². The lowest BCUT2D eigenvalue weighted by molar-refractivity contribution is 0.112. The highest BCUT2D eigenvalue weighted by molar-refractivity contribution is 7.89. The van der Waals surface area contributed by atoms with Gasteiger partial charge in [-0.05, 0) is 44.2 Å². The first-order valence-corrected chi connectivity index (χ1v) is 9.62. The van der Waals surface area contributed by atoms with Crippen molar-refractivity contribution in [3.05, 3.63) is 48.0 Å². The smallest absolute Gasteiger partial charge is 0.240 e. The third-order valence-electron chi connectivity index (χ3n) is 3.70. The van der Waals surface area contributed by atoms with Gasteiger partial charge in [-0.15, -0.1) is 5.11 Å². The fourth-order valence-electron chi connectivity index (χ4n) is 2.56. The van der Waals surface area contributed by atoms with E-state index in [4.69, 9.17) is 0 Å². The summed E-state index contributed by atoms with van der Waals surface area (Å²) in [5, 5.41) is 18.6. The Morgan fingerprint density at radius 3 is 2.63 bits per heavy atom. The van der Waals surface area contributed by atoms with Crippen molar-refractivity contribution in [2.75, 3.05) is 0 Å². The predicted molar refractivity (Wildman–Crippen MR) is 101 cm³/mol. The third-order valence-corrected chi connectivity index (χ3v) is 5.35. The molecule has 8 nitrogen and oxygen atoms in total. The molecule has 3 N–H and O–H groups in total. The Balaban J connectivity index is 2.05. The number of aromatic amines is 1. The van der Waals surface area contributed by atoms with E-state index in [2.05, 4.69) is 19.9 Å². The van der Waals surface area contributed by atoms with Crippen LogP contribution in [0.1, 0.15) is 24.2 Å². The fraction of sp³-hybridized carbons (Fsp3) is 0.167. The number of aldehydes is 1. The number of fused-ring (bicyclic) bond motifs is 1. The number of azo groups is 1. The molecule has 0 unspecified atom stereocenters. The zero-order chi connectivity index (χ0) is 19.6. The van der Waals surface area contributed by atoms with E-state index < -0.39 is 10.0 Å². The van der Waals surface area contributed by atoms with E-state index in [9.17, 15) is 18.3 Å². The topological polar surface area (TPSA) is 124 Å². The van der Waals surface area contributed by atoms with E-state index in [0.717, 1.165) is 0 Å². The van der Waals surface area contributed by atoms with E-state index in [1.807, 2.05) is 0 Å². The number of aromatic hydroxyl groups is 1. The van der Waals surface area contributed by atoms with E-state index in [1.165, 1.54) is 12.1 Å². The van der Waals surface area contributed by atoms with Crippen molar-refractivity contribution < 1.29 is 18.3 Å². The highest BCUT2D eigenvalue weighted by atomic mass is 32.2. The van der Waals surface area contributed by atoms with E-state index in [-0.39, 0.29) is 22.5 Å². The Morgan fingerprint density at radius 1 is 1.15 bits per heavy atom. The third kappa shape index (κ3) is 4.04. The molecule has 0 spiro atoms. The first-order chi connectivity index (χ1) is 12.8. The van der Waals surface area contributed by atoms with Crippen LogP contribution in [0.3, 0.4) is 0 Å². The minimum Gasteiger partial charge on any atom is -0.493 e. The number of hydrogen-bond donors (Lipinski definition) is 3. The van der Waals surface area contributed by atoms with Crippen LogP contribution in [0.15, 0.2) is 57.6 Å². The first-order valence-electron chi connectivity index (χ1n) is 8.14. The van der Waals surface area contributed by atoms with Gasteiger partial charge < -0.3 is 10.1 Å². The zero-order valence-electron chi connectivity index (χ0n) is 14.7. The molecule has 3 rings (SSSR count). The van der Waals surface area contributed by atoms with E-state index in [0.29, 0.717) is 28.4 Å². The van der Waals surface area contributed by atoms with Gasteiger partial charge in [-0.3, -0.25) is 4.79 Å². The van der Waals surface area contributed by atoms with Crippen LogP contribution in [0.2, 0.25) is 0 Å². The number of benzene rings is 2. The SMILES string of the molecule is CC(C)NS(=O)(=O)c1ccc2[nH]c(O)c(N=Nc3cccc(C=O)c3)c2c1. The molecule has 0 fully saturated rings. The van der Waals surface area contributed by atoms with Crippen LogP contribution in [0.4, 0.5) is 11.4 Å². The minimum absolute atomic E-state index is 0.0575. The molecule has 1 heterocycles. The van der Waals surface area contributed by atoms with E-state index in [1.54, 1.807) is 44.2 Å². The summed E-state index contributed by atoms with van der Waals surface area (Å²) in [6.07, 6.45) is 0.695. The zero-order valence-corrected chi connectivity index (χ0v) is 15.5. The van der Waals surface area contributed by atoms with Gasteiger partial charge in [0.1, 0.15) is 6.29 Å². The molecule has 0 aliphatic heterocycles. The highest BCUT2D eigenvalue weighted by Gasteiger charge is 2.18. The molecular weight excluding hydrogens is 368 g/mol. The van der Waals surface area contributed by atoms with Crippen molar-refractivity contribution >= 4 is 38.6 Å². The van der Waals surface area contributed by atoms with Gasteiger partial charge in [-0.25, -0.2) is 13.1 Å². The van der Waals surface area contributed by atoms with Crippen LogP contribution < -0.4 is 4.72 Å². The monoisotopic (exact) mass is 386 g/mol. The molecule has 0 atom stereocenters. The van der Waals surface area contributed by atoms with Crippen molar-refractivity contribution in [1.82, 2.24) is 9.71 Å². The average Bonchev–Trinajstić information content (AvgIpc) is 2.93. The number of rotatable bonds is 6. The number of aromatic nitrogens is 1. The van der Waals surface area contributed by atoms with Crippen LogP contribution in [0.5, 0.6) is 5.88 Å². The van der Waals surface area contributed by atoms with Crippen LogP contribution in [0, 0.1) is 0 Å². The molecule has 140 valence electrons. The summed E-state index contributed by atoms with van der Waals surface area (Å²) in [5.41, 5.74) is 1.51. The summed E-state index contributed by atoms with van der Waals surface area (Å²) in [5.74, 6) is -0.230. The minimum atomic E-state index is -3.69. The van der Waals surface area contributed by atoms with Gasteiger partial charge >= 0.3 is 0 Å². The largest absolute Gasteiger partial charge is 0.493 e. The van der Waals surface area contributed by atoms with Gasteiger partial charge in [0.15, 0.2) is 5.69 Å². The second-order valence-corrected chi connectivity index (χ2v) is 7.93. The lowest BCUT2D eigenvalue weighted by atomic mass is 10.2. The lowest BCUT2D eigenvalue weighted by Gasteiger charge is -2.09. The Labute approximate surface area is 156 Å². The average molecular weight is 386 g/mol. The first kappa shape index (κ1) is 18.7. The lowest BCUT2D eigenvalue weighted by Crippen LogP contribution is -2.30. The summed E-state index contributed by atoms with van der Waals surface area (Å²) < 4.78 is 27.3. The summed E-state index contributed by atoms with van der Waals surface area (Å²) in [6.45, 7) is 3.45. The highest BCUT2D eigenvalue weighted by Crippen LogP contribution is 2.37. The summed E-state index contributed by atoms with van der Waals surface area (Å²) in [7, 11) is -3.69. The van der Waals surface area contributed by atoms with Gasteiger partial charge in [-0.1, -0.05) is 12.1 Å². The van der Waals surface area contributed by atoms with Crippen molar-refractivity contribution in [1.29, 1.82) is 0 Å². The number of hydrogen-bond acceptors (Lipinski definition) is 6. The molecule has 0 radical (unpaired) electrons. The van der Waals surface area contributed by atoms with Gasteiger partial charge in [0.2, 0.25) is 15.9 Å². The van der Waals surface area contributed by atoms with Gasteiger partial charge in [0, 0.05) is 17.0 Å². The van der Waals surface area contributed by atoms with Gasteiger partial charge in [0.05, 0.1) is 16.1 Å². The Hall–Kier alpha value is -3.04. The standard InChI is InChI=1S/C18H18N4O4S/c1-11(2)22-27(25,26)14-6-7-16-15(9-14)17(18(24)19-16)21-20-13-5-3-4-12(8-13)10-23/h3-11,19,22,24H,1-2H3. The van der Waals surface area contributed by atoms with Gasteiger partial charge in [-0.2, -0.15) is 5.11 Å². The Bertz CT molecular complexity index is 1130. The van der Waals surface area contributed by atoms with Crippen molar-refractivity contribution in [2.24, 2.45) is 10.2 Å². The van der Waals surface area contributed by atoms with E-state index >= 15 is 0 Å². The second kappa shape index (κ2) is 7.29. The summed E-state index contributed by atoms with van der Waals surface area (Å²) >= 11 is 0. The number of carbonyl (C=O) groups is 1. The fourth-order valence-corrected chi connectivity index (χ4v) is 3.83. The maximum Gasteiger partial charge on any atom is 0.240 e. The molecule has 0 aliphatic carbocycles. The second-order valence-electron chi connectivity index (χ2n) is 6.22. The Kier molecular flexibility index (Phi) is 5.06. The van der Waals surface area contributed by atoms with Crippen LogP contribution in [0.25, 0.3) is 10.9 Å². The molecule has 0 bridgehead atoms.